The van der Waals surface area contributed by atoms with Crippen LogP contribution in [-0.2, 0) is 12.7 Å². The van der Waals surface area contributed by atoms with E-state index in [2.05, 4.69) is 10.3 Å². The Morgan fingerprint density at radius 2 is 1.76 bits per heavy atom. The second-order valence-electron chi connectivity index (χ2n) is 7.85. The number of halogens is 5. The first-order chi connectivity index (χ1) is 16.0. The van der Waals surface area contributed by atoms with Gasteiger partial charge in [-0.05, 0) is 48.0 Å². The van der Waals surface area contributed by atoms with Crippen LogP contribution in [0.25, 0.3) is 10.9 Å². The lowest BCUT2D eigenvalue weighted by atomic mass is 10.2. The standard InChI is InChI=1S/C24H19F5N4O/c1-32(2)22-21(18(8-9-30-22)24(27,28)29)31-23(34)20-12-15-11-17(26)6-7-19(15)33(20)13-14-4-3-5-16(25)10-14/h3-12H,13H2,1-2H3,(H,31,34). The van der Waals surface area contributed by atoms with E-state index in [0.29, 0.717) is 16.5 Å². The molecule has 2 aromatic carbocycles. The molecule has 0 fully saturated rings. The Morgan fingerprint density at radius 3 is 2.44 bits per heavy atom. The summed E-state index contributed by atoms with van der Waals surface area (Å²) in [6.45, 7) is 0.0371. The molecular formula is C24H19F5N4O. The largest absolute Gasteiger partial charge is 0.418 e. The van der Waals surface area contributed by atoms with Crippen LogP contribution in [0.15, 0.2) is 60.8 Å². The van der Waals surface area contributed by atoms with E-state index in [1.807, 2.05) is 0 Å². The molecule has 0 unspecified atom stereocenters. The van der Waals surface area contributed by atoms with Crippen molar-refractivity contribution < 1.29 is 26.7 Å². The lowest BCUT2D eigenvalue weighted by Gasteiger charge is -2.21. The average molecular weight is 474 g/mol. The molecule has 0 aliphatic rings. The summed E-state index contributed by atoms with van der Waals surface area (Å²) in [5, 5.41) is 2.72. The van der Waals surface area contributed by atoms with Gasteiger partial charge in [0.15, 0.2) is 5.82 Å². The van der Waals surface area contributed by atoms with Crippen molar-refractivity contribution >= 4 is 28.3 Å². The summed E-state index contributed by atoms with van der Waals surface area (Å²) in [6.07, 6.45) is -3.73. The van der Waals surface area contributed by atoms with Gasteiger partial charge in [-0.15, -0.1) is 0 Å². The topological polar surface area (TPSA) is 50.2 Å². The van der Waals surface area contributed by atoms with Gasteiger partial charge in [0.25, 0.3) is 5.91 Å². The highest BCUT2D eigenvalue weighted by molar-refractivity contribution is 6.08. The van der Waals surface area contributed by atoms with Crippen LogP contribution in [0.3, 0.4) is 0 Å². The maximum atomic E-state index is 13.8. The van der Waals surface area contributed by atoms with Gasteiger partial charge >= 0.3 is 6.18 Å². The third kappa shape index (κ3) is 4.57. The van der Waals surface area contributed by atoms with E-state index in [9.17, 15) is 26.7 Å². The molecule has 0 bridgehead atoms. The Balaban J connectivity index is 1.83. The van der Waals surface area contributed by atoms with Crippen LogP contribution in [0.2, 0.25) is 0 Å². The van der Waals surface area contributed by atoms with E-state index in [-0.39, 0.29) is 18.1 Å². The van der Waals surface area contributed by atoms with Gasteiger partial charge in [0, 0.05) is 37.7 Å². The predicted octanol–water partition coefficient (Wildman–Crippen LogP) is 5.70. The Bertz CT molecular complexity index is 1380. The van der Waals surface area contributed by atoms with Gasteiger partial charge < -0.3 is 14.8 Å². The van der Waals surface area contributed by atoms with Gasteiger partial charge in [-0.25, -0.2) is 13.8 Å². The molecule has 2 aromatic heterocycles. The second kappa shape index (κ2) is 8.77. The third-order valence-electron chi connectivity index (χ3n) is 5.22. The molecule has 10 heteroatoms. The van der Waals surface area contributed by atoms with Crippen molar-refractivity contribution in [1.82, 2.24) is 9.55 Å². The zero-order valence-electron chi connectivity index (χ0n) is 18.1. The number of anilines is 2. The van der Waals surface area contributed by atoms with Crippen molar-refractivity contribution in [2.75, 3.05) is 24.3 Å². The number of fused-ring (bicyclic) bond motifs is 1. The van der Waals surface area contributed by atoms with Crippen molar-refractivity contribution in [1.29, 1.82) is 0 Å². The number of pyridine rings is 1. The maximum absolute atomic E-state index is 13.8. The normalized spacial score (nSPS) is 11.6. The Kier molecular flexibility index (Phi) is 5.99. The molecule has 4 aromatic rings. The maximum Gasteiger partial charge on any atom is 0.418 e. The van der Waals surface area contributed by atoms with E-state index < -0.39 is 35.0 Å². The van der Waals surface area contributed by atoms with Gasteiger partial charge in [-0.2, -0.15) is 13.2 Å². The molecule has 1 N–H and O–H groups in total. The lowest BCUT2D eigenvalue weighted by molar-refractivity contribution is -0.136. The van der Waals surface area contributed by atoms with E-state index >= 15 is 0 Å². The first-order valence-electron chi connectivity index (χ1n) is 10.1. The number of nitrogens with one attached hydrogen (secondary N) is 1. The molecule has 5 nitrogen and oxygen atoms in total. The zero-order chi connectivity index (χ0) is 24.6. The van der Waals surface area contributed by atoms with E-state index in [1.165, 1.54) is 66.0 Å². The summed E-state index contributed by atoms with van der Waals surface area (Å²) in [6, 6.07) is 11.7. The number of amides is 1. The van der Waals surface area contributed by atoms with Crippen LogP contribution in [-0.4, -0.2) is 29.6 Å². The summed E-state index contributed by atoms with van der Waals surface area (Å²) >= 11 is 0. The first-order valence-corrected chi connectivity index (χ1v) is 10.1. The number of nitrogens with zero attached hydrogens (tertiary/aromatic N) is 3. The van der Waals surface area contributed by atoms with Crippen molar-refractivity contribution in [2.45, 2.75) is 12.7 Å². The van der Waals surface area contributed by atoms with Crippen molar-refractivity contribution in [3.05, 3.63) is 89.2 Å². The number of alkyl halides is 3. The van der Waals surface area contributed by atoms with E-state index in [4.69, 9.17) is 0 Å². The van der Waals surface area contributed by atoms with Crippen LogP contribution < -0.4 is 10.2 Å². The van der Waals surface area contributed by atoms with E-state index in [0.717, 1.165) is 12.3 Å². The van der Waals surface area contributed by atoms with Crippen LogP contribution in [0, 0.1) is 11.6 Å². The van der Waals surface area contributed by atoms with Gasteiger partial charge in [0.1, 0.15) is 17.3 Å². The van der Waals surface area contributed by atoms with Crippen LogP contribution in [0.4, 0.5) is 33.5 Å². The fourth-order valence-corrected chi connectivity index (χ4v) is 3.74. The molecule has 4 rings (SSSR count). The molecule has 0 spiro atoms. The highest BCUT2D eigenvalue weighted by Crippen LogP contribution is 2.39. The predicted molar refractivity (Wildman–Crippen MR) is 119 cm³/mol. The smallest absolute Gasteiger partial charge is 0.361 e. The van der Waals surface area contributed by atoms with E-state index in [1.54, 1.807) is 6.07 Å². The fraction of sp³-hybridized carbons (Fsp3) is 0.167. The number of carbonyl (C=O) groups excluding carboxylic acids is 1. The first kappa shape index (κ1) is 23.2. The summed E-state index contributed by atoms with van der Waals surface area (Å²) in [5.74, 6) is -1.95. The van der Waals surface area contributed by atoms with Crippen LogP contribution in [0.5, 0.6) is 0 Å². The average Bonchev–Trinajstić information content (AvgIpc) is 3.10. The molecule has 0 saturated heterocycles. The molecule has 0 atom stereocenters. The molecule has 0 aliphatic heterocycles. The minimum atomic E-state index is -4.74. The molecule has 0 aliphatic carbocycles. The number of aromatic nitrogens is 2. The second-order valence-corrected chi connectivity index (χ2v) is 7.85. The third-order valence-corrected chi connectivity index (χ3v) is 5.22. The summed E-state index contributed by atoms with van der Waals surface area (Å²) in [4.78, 5) is 18.6. The summed E-state index contributed by atoms with van der Waals surface area (Å²) in [5.41, 5.74) is -0.600. The number of hydrogen-bond acceptors (Lipinski definition) is 3. The lowest BCUT2D eigenvalue weighted by Crippen LogP contribution is -2.23. The van der Waals surface area contributed by atoms with Crippen molar-refractivity contribution in [3.8, 4) is 0 Å². The quantitative estimate of drug-likeness (QED) is 0.378. The monoisotopic (exact) mass is 474 g/mol. The summed E-state index contributed by atoms with van der Waals surface area (Å²) in [7, 11) is 3.00. The van der Waals surface area contributed by atoms with Crippen LogP contribution in [0.1, 0.15) is 21.6 Å². The number of carbonyl (C=O) groups is 1. The molecule has 0 radical (unpaired) electrons. The number of hydrogen-bond donors (Lipinski definition) is 1. The molecule has 0 saturated carbocycles. The minimum Gasteiger partial charge on any atom is -0.361 e. The number of rotatable bonds is 5. The Hall–Kier alpha value is -3.95. The van der Waals surface area contributed by atoms with Crippen LogP contribution >= 0.6 is 0 Å². The number of benzene rings is 2. The van der Waals surface area contributed by atoms with Gasteiger partial charge in [0.2, 0.25) is 0 Å². The molecule has 176 valence electrons. The van der Waals surface area contributed by atoms with Gasteiger partial charge in [0.05, 0.1) is 11.3 Å². The van der Waals surface area contributed by atoms with Gasteiger partial charge in [-0.1, -0.05) is 12.1 Å². The highest BCUT2D eigenvalue weighted by Gasteiger charge is 2.36. The minimum absolute atomic E-state index is 0.0217. The summed E-state index contributed by atoms with van der Waals surface area (Å²) < 4.78 is 70.1. The fourth-order valence-electron chi connectivity index (χ4n) is 3.74. The highest BCUT2D eigenvalue weighted by atomic mass is 19.4. The molecule has 2 heterocycles. The van der Waals surface area contributed by atoms with Gasteiger partial charge in [-0.3, -0.25) is 4.79 Å². The molecular weight excluding hydrogens is 455 g/mol. The zero-order valence-corrected chi connectivity index (χ0v) is 18.1. The SMILES string of the molecule is CN(C)c1nccc(C(F)(F)F)c1NC(=O)c1cc2cc(F)ccc2n1Cc1cccc(F)c1. The molecule has 1 amide bonds. The van der Waals surface area contributed by atoms with Crippen molar-refractivity contribution in [2.24, 2.45) is 0 Å². The Morgan fingerprint density at radius 1 is 1.03 bits per heavy atom. The van der Waals surface area contributed by atoms with Crippen molar-refractivity contribution in [3.63, 3.8) is 0 Å². The molecule has 34 heavy (non-hydrogen) atoms. The Labute approximate surface area is 191 Å².